The van der Waals surface area contributed by atoms with Gasteiger partial charge in [0.25, 0.3) is 5.91 Å². The zero-order chi connectivity index (χ0) is 19.4. The van der Waals surface area contributed by atoms with Crippen LogP contribution in [0.4, 0.5) is 10.1 Å². The first-order chi connectivity index (χ1) is 13.0. The van der Waals surface area contributed by atoms with Gasteiger partial charge in [-0.1, -0.05) is 35.8 Å². The van der Waals surface area contributed by atoms with E-state index in [9.17, 15) is 9.18 Å². The van der Waals surface area contributed by atoms with Crippen molar-refractivity contribution < 1.29 is 18.4 Å². The third-order valence-electron chi connectivity index (χ3n) is 4.09. The lowest BCUT2D eigenvalue weighted by Gasteiger charge is -2.08. The van der Waals surface area contributed by atoms with E-state index >= 15 is 0 Å². The number of nitrogens with one attached hydrogen (secondary N) is 1. The van der Waals surface area contributed by atoms with Gasteiger partial charge in [-0.05, 0) is 49.2 Å². The van der Waals surface area contributed by atoms with Gasteiger partial charge in [0.15, 0.2) is 5.69 Å². The van der Waals surface area contributed by atoms with Crippen LogP contribution in [0.3, 0.4) is 0 Å². The predicted molar refractivity (Wildman–Crippen MR) is 101 cm³/mol. The number of nitrogens with zero attached hydrogens (tertiary/aromatic N) is 1. The molecule has 7 heteroatoms. The summed E-state index contributed by atoms with van der Waals surface area (Å²) >= 11 is 5.74. The quantitative estimate of drug-likeness (QED) is 0.632. The van der Waals surface area contributed by atoms with Crippen LogP contribution in [0.1, 0.15) is 34.3 Å². The summed E-state index contributed by atoms with van der Waals surface area (Å²) in [5.41, 5.74) is 2.22. The van der Waals surface area contributed by atoms with Gasteiger partial charge in [0.2, 0.25) is 0 Å². The summed E-state index contributed by atoms with van der Waals surface area (Å²) in [6.45, 7) is 3.92. The summed E-state index contributed by atoms with van der Waals surface area (Å²) in [5.74, 6) is 0.122. The molecule has 0 saturated heterocycles. The fourth-order valence-electron chi connectivity index (χ4n) is 2.48. The first-order valence-corrected chi connectivity index (χ1v) is 8.79. The number of aryl methyl sites for hydroxylation is 2. The number of hydrogen-bond donors (Lipinski definition) is 1. The minimum atomic E-state index is -0.560. The van der Waals surface area contributed by atoms with Crippen LogP contribution in [-0.4, -0.2) is 11.1 Å². The molecule has 1 aromatic heterocycles. The summed E-state index contributed by atoms with van der Waals surface area (Å²) < 4.78 is 24.1. The summed E-state index contributed by atoms with van der Waals surface area (Å²) in [4.78, 5) is 12.5. The van der Waals surface area contributed by atoms with Gasteiger partial charge in [-0.3, -0.25) is 4.79 Å². The molecule has 0 radical (unpaired) electrons. The van der Waals surface area contributed by atoms with Crippen molar-refractivity contribution in [1.82, 2.24) is 5.16 Å². The highest BCUT2D eigenvalue weighted by molar-refractivity contribution is 6.31. The average molecular weight is 389 g/mol. The molecule has 1 N–H and O–H groups in total. The van der Waals surface area contributed by atoms with Crippen LogP contribution >= 0.6 is 11.6 Å². The highest BCUT2D eigenvalue weighted by Crippen LogP contribution is 2.22. The second-order valence-electron chi connectivity index (χ2n) is 5.94. The lowest BCUT2D eigenvalue weighted by atomic mass is 10.1. The maximum Gasteiger partial charge on any atom is 0.278 e. The molecule has 1 heterocycles. The molecule has 140 valence electrons. The summed E-state index contributed by atoms with van der Waals surface area (Å²) in [6, 6.07) is 11.6. The largest absolute Gasteiger partial charge is 0.489 e. The number of anilines is 1. The average Bonchev–Trinajstić information content (AvgIpc) is 3.04. The van der Waals surface area contributed by atoms with Crippen LogP contribution in [0.25, 0.3) is 0 Å². The molecule has 0 fully saturated rings. The molecule has 0 spiro atoms. The van der Waals surface area contributed by atoms with Crippen molar-refractivity contribution in [1.29, 1.82) is 0 Å². The molecule has 0 aliphatic carbocycles. The monoisotopic (exact) mass is 388 g/mol. The van der Waals surface area contributed by atoms with E-state index in [-0.39, 0.29) is 17.3 Å². The topological polar surface area (TPSA) is 64.4 Å². The van der Waals surface area contributed by atoms with Crippen molar-refractivity contribution in [2.45, 2.75) is 26.9 Å². The van der Waals surface area contributed by atoms with Crippen LogP contribution in [0.2, 0.25) is 5.02 Å². The molecule has 5 nitrogen and oxygen atoms in total. The van der Waals surface area contributed by atoms with Gasteiger partial charge in [0.05, 0.1) is 10.6 Å². The smallest absolute Gasteiger partial charge is 0.278 e. The minimum Gasteiger partial charge on any atom is -0.489 e. The van der Waals surface area contributed by atoms with Crippen molar-refractivity contribution in [2.24, 2.45) is 0 Å². The van der Waals surface area contributed by atoms with Gasteiger partial charge >= 0.3 is 0 Å². The van der Waals surface area contributed by atoms with E-state index in [1.165, 1.54) is 23.8 Å². The predicted octanol–water partition coefficient (Wildman–Crippen LogP) is 5.17. The Balaban J connectivity index is 1.72. The van der Waals surface area contributed by atoms with Gasteiger partial charge in [0.1, 0.15) is 23.9 Å². The first kappa shape index (κ1) is 18.9. The van der Waals surface area contributed by atoms with Crippen molar-refractivity contribution in [3.8, 4) is 5.75 Å². The standard InChI is InChI=1S/C20H18ClFN2O3/c1-3-13-4-7-15(8-5-13)26-11-16-12(2)27-24-19(16)20(25)23-14-6-9-18(22)17(21)10-14/h4-10H,3,11H2,1-2H3,(H,23,25). The molecule has 0 saturated carbocycles. The molecule has 3 rings (SSSR count). The minimum absolute atomic E-state index is 0.0804. The highest BCUT2D eigenvalue weighted by atomic mass is 35.5. The number of carbonyl (C=O) groups is 1. The van der Waals surface area contributed by atoms with Crippen molar-refractivity contribution in [3.05, 3.63) is 75.9 Å². The zero-order valence-electron chi connectivity index (χ0n) is 14.9. The Labute approximate surface area is 161 Å². The number of hydrogen-bond acceptors (Lipinski definition) is 4. The molecule has 0 atom stereocenters. The van der Waals surface area contributed by atoms with Gasteiger partial charge in [-0.2, -0.15) is 0 Å². The number of carbonyl (C=O) groups excluding carboxylic acids is 1. The maximum absolute atomic E-state index is 13.2. The second kappa shape index (κ2) is 8.22. The summed E-state index contributed by atoms with van der Waals surface area (Å²) in [5, 5.41) is 6.36. The Hall–Kier alpha value is -2.86. The molecule has 2 aromatic carbocycles. The molecule has 27 heavy (non-hydrogen) atoms. The van der Waals surface area contributed by atoms with Gasteiger partial charge < -0.3 is 14.6 Å². The van der Waals surface area contributed by atoms with E-state index in [1.54, 1.807) is 6.92 Å². The Morgan fingerprint density at radius 2 is 2.00 bits per heavy atom. The van der Waals surface area contributed by atoms with E-state index in [0.717, 1.165) is 6.42 Å². The third-order valence-corrected chi connectivity index (χ3v) is 4.38. The second-order valence-corrected chi connectivity index (χ2v) is 6.34. The van der Waals surface area contributed by atoms with Gasteiger partial charge in [-0.15, -0.1) is 0 Å². The van der Waals surface area contributed by atoms with E-state index in [0.29, 0.717) is 22.8 Å². The van der Waals surface area contributed by atoms with Crippen LogP contribution in [0, 0.1) is 12.7 Å². The van der Waals surface area contributed by atoms with E-state index < -0.39 is 11.7 Å². The molecular weight excluding hydrogens is 371 g/mol. The Kier molecular flexibility index (Phi) is 5.76. The lowest BCUT2D eigenvalue weighted by molar-refractivity contribution is 0.101. The molecule has 0 aliphatic rings. The van der Waals surface area contributed by atoms with Gasteiger partial charge in [0, 0.05) is 5.69 Å². The molecule has 1 amide bonds. The number of aromatic nitrogens is 1. The zero-order valence-corrected chi connectivity index (χ0v) is 15.6. The maximum atomic E-state index is 13.2. The molecule has 0 unspecified atom stereocenters. The van der Waals surface area contributed by atoms with Crippen molar-refractivity contribution in [2.75, 3.05) is 5.32 Å². The molecule has 3 aromatic rings. The van der Waals surface area contributed by atoms with E-state index in [2.05, 4.69) is 17.4 Å². The first-order valence-electron chi connectivity index (χ1n) is 8.41. The number of halogens is 2. The van der Waals surface area contributed by atoms with E-state index in [4.69, 9.17) is 20.9 Å². The fraction of sp³-hybridized carbons (Fsp3) is 0.200. The third kappa shape index (κ3) is 4.46. The lowest BCUT2D eigenvalue weighted by Crippen LogP contribution is -2.15. The number of benzene rings is 2. The van der Waals surface area contributed by atoms with Gasteiger partial charge in [-0.25, -0.2) is 4.39 Å². The van der Waals surface area contributed by atoms with E-state index in [1.807, 2.05) is 24.3 Å². The normalized spacial score (nSPS) is 10.7. The fourth-order valence-corrected chi connectivity index (χ4v) is 2.66. The Morgan fingerprint density at radius 1 is 1.26 bits per heavy atom. The Morgan fingerprint density at radius 3 is 2.67 bits per heavy atom. The summed E-state index contributed by atoms with van der Waals surface area (Å²) in [7, 11) is 0. The Bertz CT molecular complexity index is 954. The van der Waals surface area contributed by atoms with Crippen LogP contribution in [0.15, 0.2) is 47.0 Å². The number of rotatable bonds is 6. The molecule has 0 bridgehead atoms. The molecule has 0 aliphatic heterocycles. The van der Waals surface area contributed by atoms with Crippen molar-refractivity contribution in [3.63, 3.8) is 0 Å². The SMILES string of the molecule is CCc1ccc(OCc2c(C(=O)Nc3ccc(F)c(Cl)c3)noc2C)cc1. The molecular formula is C20H18ClFN2O3. The van der Waals surface area contributed by atoms with Crippen LogP contribution < -0.4 is 10.1 Å². The van der Waals surface area contributed by atoms with Crippen LogP contribution in [-0.2, 0) is 13.0 Å². The number of ether oxygens (including phenoxy) is 1. The summed E-state index contributed by atoms with van der Waals surface area (Å²) in [6.07, 6.45) is 0.947. The van der Waals surface area contributed by atoms with Crippen LogP contribution in [0.5, 0.6) is 5.75 Å². The van der Waals surface area contributed by atoms with Crippen molar-refractivity contribution >= 4 is 23.2 Å². The number of amides is 1. The highest BCUT2D eigenvalue weighted by Gasteiger charge is 2.21.